The highest BCUT2D eigenvalue weighted by molar-refractivity contribution is 5.90. The summed E-state index contributed by atoms with van der Waals surface area (Å²) in [4.78, 5) is 5.11. The number of hydrogen-bond acceptors (Lipinski definition) is 2. The molecule has 162 valence electrons. The maximum absolute atomic E-state index is 9.37. The first kappa shape index (κ1) is 21.0. The third kappa shape index (κ3) is 3.58. The van der Waals surface area contributed by atoms with Gasteiger partial charge in [0.25, 0.3) is 0 Å². The predicted molar refractivity (Wildman–Crippen MR) is 137 cm³/mol. The van der Waals surface area contributed by atoms with Crippen molar-refractivity contribution in [1.82, 2.24) is 9.55 Å². The van der Waals surface area contributed by atoms with Gasteiger partial charge in [0.2, 0.25) is 0 Å². The number of benzene rings is 4. The van der Waals surface area contributed by atoms with E-state index in [1.165, 1.54) is 16.8 Å². The Hall–Kier alpha value is -3.90. The summed E-state index contributed by atoms with van der Waals surface area (Å²) in [5.41, 5.74) is 7.66. The Labute approximate surface area is 194 Å². The van der Waals surface area contributed by atoms with Gasteiger partial charge in [0.15, 0.2) is 0 Å². The number of rotatable bonds is 4. The number of nitriles is 1. The van der Waals surface area contributed by atoms with Crippen LogP contribution in [0.2, 0.25) is 0 Å². The van der Waals surface area contributed by atoms with E-state index in [4.69, 9.17) is 4.98 Å². The molecule has 5 aromatic rings. The number of imidazole rings is 1. The van der Waals surface area contributed by atoms with Gasteiger partial charge < -0.3 is 0 Å². The topological polar surface area (TPSA) is 41.6 Å². The molecule has 0 amide bonds. The van der Waals surface area contributed by atoms with Gasteiger partial charge in [0, 0.05) is 5.56 Å². The maximum Gasteiger partial charge on any atom is 0.145 e. The monoisotopic (exact) mass is 429 g/mol. The van der Waals surface area contributed by atoms with Crippen molar-refractivity contribution in [3.8, 4) is 23.1 Å². The molecule has 0 unspecified atom stereocenters. The molecule has 0 aliphatic rings. The van der Waals surface area contributed by atoms with Crippen LogP contribution in [0.5, 0.6) is 0 Å². The summed E-state index contributed by atoms with van der Waals surface area (Å²) >= 11 is 0. The van der Waals surface area contributed by atoms with Crippen LogP contribution in [0.1, 0.15) is 56.2 Å². The third-order valence-electron chi connectivity index (χ3n) is 6.35. The van der Waals surface area contributed by atoms with Gasteiger partial charge in [-0.15, -0.1) is 0 Å². The number of nitrogens with zero attached hydrogens (tertiary/aromatic N) is 3. The first-order chi connectivity index (χ1) is 16.0. The summed E-state index contributed by atoms with van der Waals surface area (Å²) in [6, 6.07) is 29.5. The molecule has 1 aromatic heterocycles. The summed E-state index contributed by atoms with van der Waals surface area (Å²) in [6.07, 6.45) is 0. The molecule has 0 aliphatic carbocycles. The normalized spacial score (nSPS) is 11.5. The van der Waals surface area contributed by atoms with Crippen LogP contribution in [-0.4, -0.2) is 9.55 Å². The Morgan fingerprint density at radius 3 is 2.15 bits per heavy atom. The molecule has 0 saturated carbocycles. The minimum atomic E-state index is 0.377. The molecule has 5 rings (SSSR count). The molecule has 1 heterocycles. The van der Waals surface area contributed by atoms with Crippen LogP contribution in [0, 0.1) is 11.3 Å². The molecule has 0 bridgehead atoms. The molecule has 0 radical (unpaired) electrons. The molecule has 0 aliphatic heterocycles. The van der Waals surface area contributed by atoms with Gasteiger partial charge in [-0.2, -0.15) is 5.26 Å². The number of aromatic nitrogens is 2. The van der Waals surface area contributed by atoms with Crippen molar-refractivity contribution >= 4 is 21.8 Å². The van der Waals surface area contributed by atoms with Gasteiger partial charge in [-0.3, -0.25) is 4.57 Å². The zero-order valence-electron chi connectivity index (χ0n) is 19.5. The summed E-state index contributed by atoms with van der Waals surface area (Å²) in [7, 11) is 0. The van der Waals surface area contributed by atoms with Gasteiger partial charge in [-0.25, -0.2) is 4.98 Å². The number of fused-ring (bicyclic) bond motifs is 2. The number of para-hydroxylation sites is 3. The van der Waals surface area contributed by atoms with Crippen molar-refractivity contribution in [2.45, 2.75) is 39.5 Å². The molecular weight excluding hydrogens is 402 g/mol. The second-order valence-corrected chi connectivity index (χ2v) is 9.24. The lowest BCUT2D eigenvalue weighted by Gasteiger charge is -2.22. The van der Waals surface area contributed by atoms with Gasteiger partial charge in [0.1, 0.15) is 5.82 Å². The first-order valence-electron chi connectivity index (χ1n) is 11.5. The second-order valence-electron chi connectivity index (χ2n) is 9.24. The van der Waals surface area contributed by atoms with Crippen LogP contribution < -0.4 is 0 Å². The summed E-state index contributed by atoms with van der Waals surface area (Å²) in [6.45, 7) is 9.00. The fourth-order valence-corrected chi connectivity index (χ4v) is 4.67. The Balaban J connectivity index is 1.87. The largest absolute Gasteiger partial charge is 0.292 e. The summed E-state index contributed by atoms with van der Waals surface area (Å²) in [5, 5.41) is 11.5. The van der Waals surface area contributed by atoms with Gasteiger partial charge >= 0.3 is 0 Å². The minimum Gasteiger partial charge on any atom is -0.292 e. The van der Waals surface area contributed by atoms with Gasteiger partial charge in [0.05, 0.1) is 28.4 Å². The lowest BCUT2D eigenvalue weighted by molar-refractivity contribution is 0.811. The average molecular weight is 430 g/mol. The highest BCUT2D eigenvalue weighted by Gasteiger charge is 2.21. The summed E-state index contributed by atoms with van der Waals surface area (Å²) in [5.74, 6) is 1.68. The van der Waals surface area contributed by atoms with Crippen molar-refractivity contribution in [3.05, 3.63) is 95.6 Å². The number of hydrogen-bond donors (Lipinski definition) is 0. The van der Waals surface area contributed by atoms with Crippen molar-refractivity contribution in [3.63, 3.8) is 0 Å². The molecule has 4 aromatic carbocycles. The van der Waals surface area contributed by atoms with E-state index >= 15 is 0 Å². The first-order valence-corrected chi connectivity index (χ1v) is 11.5. The molecule has 3 nitrogen and oxygen atoms in total. The van der Waals surface area contributed by atoms with E-state index in [2.05, 4.69) is 92.9 Å². The summed E-state index contributed by atoms with van der Waals surface area (Å²) < 4.78 is 2.34. The van der Waals surface area contributed by atoms with Crippen molar-refractivity contribution in [1.29, 1.82) is 5.26 Å². The lowest BCUT2D eigenvalue weighted by Crippen LogP contribution is -2.08. The zero-order valence-corrected chi connectivity index (χ0v) is 19.5. The van der Waals surface area contributed by atoms with E-state index in [1.54, 1.807) is 0 Å². The lowest BCUT2D eigenvalue weighted by atomic mass is 9.92. The van der Waals surface area contributed by atoms with E-state index in [1.807, 2.05) is 24.3 Å². The van der Waals surface area contributed by atoms with Gasteiger partial charge in [-0.05, 0) is 64.1 Å². The molecule has 0 saturated heterocycles. The molecular formula is C30H27N3. The quantitative estimate of drug-likeness (QED) is 0.291. The van der Waals surface area contributed by atoms with E-state index in [0.717, 1.165) is 33.2 Å². The molecule has 0 fully saturated rings. The van der Waals surface area contributed by atoms with Gasteiger partial charge in [-0.1, -0.05) is 76.2 Å². The van der Waals surface area contributed by atoms with Crippen LogP contribution in [0.15, 0.2) is 78.9 Å². The van der Waals surface area contributed by atoms with Crippen LogP contribution >= 0.6 is 0 Å². The highest BCUT2D eigenvalue weighted by atomic mass is 15.1. The third-order valence-corrected chi connectivity index (χ3v) is 6.35. The van der Waals surface area contributed by atoms with E-state index in [-0.39, 0.29) is 0 Å². The Bertz CT molecular complexity index is 1500. The smallest absolute Gasteiger partial charge is 0.145 e. The fraction of sp³-hybridized carbons (Fsp3) is 0.200. The fourth-order valence-electron chi connectivity index (χ4n) is 4.67. The standard InChI is InChI=1S/C30H27N3/c1-19(2)25-8-7-9-26(20(3)4)29(25)33-28-11-6-5-10-27(28)32-30(33)23-15-14-22-13-12-21(18-31)16-24(22)17-23/h5-17,19-20H,1-4H3. The molecule has 33 heavy (non-hydrogen) atoms. The predicted octanol–water partition coefficient (Wildman–Crippen LogP) is 7.96. The van der Waals surface area contributed by atoms with Crippen LogP contribution in [0.4, 0.5) is 0 Å². The van der Waals surface area contributed by atoms with Crippen LogP contribution in [-0.2, 0) is 0 Å². The van der Waals surface area contributed by atoms with Crippen molar-refractivity contribution in [2.75, 3.05) is 0 Å². The van der Waals surface area contributed by atoms with Crippen molar-refractivity contribution in [2.24, 2.45) is 0 Å². The van der Waals surface area contributed by atoms with E-state index in [0.29, 0.717) is 17.4 Å². The minimum absolute atomic E-state index is 0.377. The average Bonchev–Trinajstić information content (AvgIpc) is 3.22. The van der Waals surface area contributed by atoms with Crippen molar-refractivity contribution < 1.29 is 0 Å². The second kappa shape index (κ2) is 8.22. The molecule has 3 heteroatoms. The molecule has 0 N–H and O–H groups in total. The van der Waals surface area contributed by atoms with E-state index in [9.17, 15) is 5.26 Å². The maximum atomic E-state index is 9.37. The highest BCUT2D eigenvalue weighted by Crippen LogP contribution is 2.37. The Morgan fingerprint density at radius 2 is 1.45 bits per heavy atom. The zero-order chi connectivity index (χ0) is 23.1. The van der Waals surface area contributed by atoms with Crippen LogP contribution in [0.3, 0.4) is 0 Å². The molecule has 0 atom stereocenters. The SMILES string of the molecule is CC(C)c1cccc(C(C)C)c1-n1c(-c2ccc3ccc(C#N)cc3c2)nc2ccccc21. The Kier molecular flexibility index (Phi) is 5.23. The van der Waals surface area contributed by atoms with Crippen LogP contribution in [0.25, 0.3) is 38.9 Å². The Morgan fingerprint density at radius 1 is 0.758 bits per heavy atom. The molecule has 0 spiro atoms. The van der Waals surface area contributed by atoms with E-state index < -0.39 is 0 Å².